The summed E-state index contributed by atoms with van der Waals surface area (Å²) >= 11 is 1.63. The predicted molar refractivity (Wildman–Crippen MR) is 73.6 cm³/mol. The van der Waals surface area contributed by atoms with Gasteiger partial charge < -0.3 is 9.47 Å². The Hall–Kier alpha value is -2.06. The van der Waals surface area contributed by atoms with Crippen LogP contribution in [0, 0.1) is 25.2 Å². The summed E-state index contributed by atoms with van der Waals surface area (Å²) in [6, 6.07) is 7.17. The Balaban J connectivity index is 2.13. The molecule has 0 fully saturated rings. The second kappa shape index (κ2) is 5.72. The third-order valence-electron chi connectivity index (χ3n) is 2.72. The minimum atomic E-state index is 0.404. The molecule has 0 saturated heterocycles. The number of nitriles is 1. The monoisotopic (exact) mass is 274 g/mol. The Morgan fingerprint density at radius 3 is 2.68 bits per heavy atom. The molecule has 1 heterocycles. The van der Waals surface area contributed by atoms with Gasteiger partial charge in [-0.05, 0) is 26.0 Å². The number of ether oxygens (including phenoxy) is 2. The van der Waals surface area contributed by atoms with E-state index in [4.69, 9.17) is 14.7 Å². The highest BCUT2D eigenvalue weighted by Gasteiger charge is 2.08. The number of rotatable bonds is 4. The number of nitrogens with zero attached hydrogens (tertiary/aromatic N) is 2. The summed E-state index contributed by atoms with van der Waals surface area (Å²) in [4.78, 5) is 5.61. The number of hydrogen-bond donors (Lipinski definition) is 0. The molecule has 19 heavy (non-hydrogen) atoms. The first-order valence-corrected chi connectivity index (χ1v) is 6.59. The van der Waals surface area contributed by atoms with Crippen LogP contribution in [0.25, 0.3) is 0 Å². The lowest BCUT2D eigenvalue weighted by molar-refractivity contribution is 0.284. The van der Waals surface area contributed by atoms with Crippen LogP contribution < -0.4 is 9.47 Å². The van der Waals surface area contributed by atoms with Crippen molar-refractivity contribution in [1.29, 1.82) is 5.26 Å². The van der Waals surface area contributed by atoms with Crippen molar-refractivity contribution in [3.8, 4) is 17.6 Å². The third kappa shape index (κ3) is 3.04. The smallest absolute Gasteiger partial charge is 0.162 e. The first-order valence-electron chi connectivity index (χ1n) is 5.78. The van der Waals surface area contributed by atoms with Crippen molar-refractivity contribution in [1.82, 2.24) is 4.98 Å². The Bertz CT molecular complexity index is 609. The molecule has 1 aromatic heterocycles. The fourth-order valence-corrected chi connectivity index (χ4v) is 2.44. The lowest BCUT2D eigenvalue weighted by atomic mass is 10.2. The predicted octanol–water partition coefficient (Wildman–Crippen LogP) is 3.22. The maximum Gasteiger partial charge on any atom is 0.162 e. The second-order valence-electron chi connectivity index (χ2n) is 4.02. The SMILES string of the molecule is COc1cc(C#N)ccc1OCc1nc(C)c(C)s1. The average molecular weight is 274 g/mol. The molecule has 98 valence electrons. The van der Waals surface area contributed by atoms with Gasteiger partial charge in [-0.3, -0.25) is 0 Å². The molecule has 4 nitrogen and oxygen atoms in total. The average Bonchev–Trinajstić information content (AvgIpc) is 2.75. The zero-order valence-electron chi connectivity index (χ0n) is 11.1. The molecule has 2 rings (SSSR count). The van der Waals surface area contributed by atoms with E-state index >= 15 is 0 Å². The summed E-state index contributed by atoms with van der Waals surface area (Å²) in [5.74, 6) is 1.18. The van der Waals surface area contributed by atoms with Crippen molar-refractivity contribution >= 4 is 11.3 Å². The molecule has 2 aromatic rings. The van der Waals surface area contributed by atoms with Gasteiger partial charge in [0.25, 0.3) is 0 Å². The van der Waals surface area contributed by atoms with Gasteiger partial charge in [-0.15, -0.1) is 11.3 Å². The maximum absolute atomic E-state index is 8.83. The normalized spacial score (nSPS) is 10.0. The van der Waals surface area contributed by atoms with Crippen molar-refractivity contribution in [2.24, 2.45) is 0 Å². The van der Waals surface area contributed by atoms with Gasteiger partial charge in [0, 0.05) is 10.9 Å². The summed E-state index contributed by atoms with van der Waals surface area (Å²) < 4.78 is 10.9. The van der Waals surface area contributed by atoms with E-state index in [2.05, 4.69) is 11.1 Å². The van der Waals surface area contributed by atoms with Crippen LogP contribution in [0.5, 0.6) is 11.5 Å². The van der Waals surface area contributed by atoms with Crippen LogP contribution in [0.4, 0.5) is 0 Å². The van der Waals surface area contributed by atoms with Crippen LogP contribution in [-0.2, 0) is 6.61 Å². The summed E-state index contributed by atoms with van der Waals surface area (Å²) in [6.07, 6.45) is 0. The molecular formula is C14H14N2O2S. The number of thiazole rings is 1. The van der Waals surface area contributed by atoms with Crippen molar-refractivity contribution in [2.45, 2.75) is 20.5 Å². The molecule has 0 spiro atoms. The van der Waals surface area contributed by atoms with Gasteiger partial charge in [0.1, 0.15) is 11.6 Å². The maximum atomic E-state index is 8.83. The number of methoxy groups -OCH3 is 1. The number of benzene rings is 1. The lowest BCUT2D eigenvalue weighted by Crippen LogP contribution is -1.97. The highest BCUT2D eigenvalue weighted by atomic mass is 32.1. The Morgan fingerprint density at radius 2 is 2.11 bits per heavy atom. The molecule has 0 radical (unpaired) electrons. The van der Waals surface area contributed by atoms with Crippen molar-refractivity contribution < 1.29 is 9.47 Å². The molecule has 0 bridgehead atoms. The quantitative estimate of drug-likeness (QED) is 0.859. The number of aryl methyl sites for hydroxylation is 2. The molecule has 5 heteroatoms. The molecule has 0 aliphatic rings. The van der Waals surface area contributed by atoms with Gasteiger partial charge >= 0.3 is 0 Å². The summed E-state index contributed by atoms with van der Waals surface area (Å²) in [5, 5.41) is 9.77. The standard InChI is InChI=1S/C14H14N2O2S/c1-9-10(2)19-14(16-9)8-18-12-5-4-11(7-15)6-13(12)17-3/h4-6H,8H2,1-3H3. The highest BCUT2D eigenvalue weighted by Crippen LogP contribution is 2.29. The van der Waals surface area contributed by atoms with Gasteiger partial charge in [-0.25, -0.2) is 4.98 Å². The van der Waals surface area contributed by atoms with E-state index in [1.54, 1.807) is 36.6 Å². The van der Waals surface area contributed by atoms with Crippen molar-refractivity contribution in [3.63, 3.8) is 0 Å². The minimum absolute atomic E-state index is 0.404. The van der Waals surface area contributed by atoms with Gasteiger partial charge in [-0.2, -0.15) is 5.26 Å². The van der Waals surface area contributed by atoms with E-state index < -0.39 is 0 Å². The van der Waals surface area contributed by atoms with E-state index in [0.29, 0.717) is 23.7 Å². The van der Waals surface area contributed by atoms with Gasteiger partial charge in [0.05, 0.1) is 24.4 Å². The minimum Gasteiger partial charge on any atom is -0.493 e. The third-order valence-corrected chi connectivity index (χ3v) is 3.76. The van der Waals surface area contributed by atoms with E-state index in [1.807, 2.05) is 13.8 Å². The molecular weight excluding hydrogens is 260 g/mol. The van der Waals surface area contributed by atoms with Gasteiger partial charge in [0.15, 0.2) is 11.5 Å². The zero-order chi connectivity index (χ0) is 13.8. The highest BCUT2D eigenvalue weighted by molar-refractivity contribution is 7.11. The number of aromatic nitrogens is 1. The van der Waals surface area contributed by atoms with Crippen LogP contribution in [0.3, 0.4) is 0 Å². The van der Waals surface area contributed by atoms with E-state index in [1.165, 1.54) is 4.88 Å². The van der Waals surface area contributed by atoms with Crippen LogP contribution >= 0.6 is 11.3 Å². The Labute approximate surface area is 116 Å². The van der Waals surface area contributed by atoms with Crippen LogP contribution in [-0.4, -0.2) is 12.1 Å². The second-order valence-corrected chi connectivity index (χ2v) is 5.30. The van der Waals surface area contributed by atoms with E-state index in [9.17, 15) is 0 Å². The van der Waals surface area contributed by atoms with Crippen molar-refractivity contribution in [3.05, 3.63) is 39.3 Å². The Morgan fingerprint density at radius 1 is 1.32 bits per heavy atom. The molecule has 0 saturated carbocycles. The summed E-state index contributed by atoms with van der Waals surface area (Å²) in [7, 11) is 1.56. The molecule has 0 aliphatic carbocycles. The lowest BCUT2D eigenvalue weighted by Gasteiger charge is -2.09. The zero-order valence-corrected chi connectivity index (χ0v) is 11.9. The van der Waals surface area contributed by atoms with Gasteiger partial charge in [0.2, 0.25) is 0 Å². The molecule has 1 aromatic carbocycles. The fourth-order valence-electron chi connectivity index (χ4n) is 1.60. The topological polar surface area (TPSA) is 55.1 Å². The molecule has 0 amide bonds. The molecule has 0 unspecified atom stereocenters. The summed E-state index contributed by atoms with van der Waals surface area (Å²) in [5.41, 5.74) is 1.58. The van der Waals surface area contributed by atoms with E-state index in [0.717, 1.165) is 10.7 Å². The largest absolute Gasteiger partial charge is 0.493 e. The van der Waals surface area contributed by atoms with Gasteiger partial charge in [-0.1, -0.05) is 0 Å². The Kier molecular flexibility index (Phi) is 4.03. The number of hydrogen-bond acceptors (Lipinski definition) is 5. The molecule has 0 aliphatic heterocycles. The molecule has 0 atom stereocenters. The first-order chi connectivity index (χ1) is 9.13. The molecule has 0 N–H and O–H groups in total. The van der Waals surface area contributed by atoms with Crippen molar-refractivity contribution in [2.75, 3.05) is 7.11 Å². The van der Waals surface area contributed by atoms with E-state index in [-0.39, 0.29) is 0 Å². The van der Waals surface area contributed by atoms with Crippen LogP contribution in [0.15, 0.2) is 18.2 Å². The fraction of sp³-hybridized carbons (Fsp3) is 0.286. The first kappa shape index (κ1) is 13.4. The van der Waals surface area contributed by atoms with Crippen LogP contribution in [0.2, 0.25) is 0 Å². The van der Waals surface area contributed by atoms with Crippen LogP contribution in [0.1, 0.15) is 21.1 Å². The summed E-state index contributed by atoms with van der Waals surface area (Å²) in [6.45, 7) is 4.43.